The van der Waals surface area contributed by atoms with E-state index in [2.05, 4.69) is 5.32 Å². The van der Waals surface area contributed by atoms with Crippen LogP contribution in [-0.4, -0.2) is 38.6 Å². The van der Waals surface area contributed by atoms with Crippen molar-refractivity contribution in [1.82, 2.24) is 5.32 Å². The first kappa shape index (κ1) is 16.0. The third-order valence-electron chi connectivity index (χ3n) is 2.53. The predicted molar refractivity (Wildman–Crippen MR) is 68.5 cm³/mol. The summed E-state index contributed by atoms with van der Waals surface area (Å²) in [5, 5.41) is 12.5. The van der Waals surface area contributed by atoms with Gasteiger partial charge in [0.15, 0.2) is 0 Å². The monoisotopic (exact) mass is 293 g/mol. The van der Waals surface area contributed by atoms with Gasteiger partial charge in [0, 0.05) is 24.4 Å². The maximum atomic E-state index is 13.3. The summed E-state index contributed by atoms with van der Waals surface area (Å²) in [7, 11) is -2.99. The van der Waals surface area contributed by atoms with Gasteiger partial charge in [0.25, 0.3) is 0 Å². The summed E-state index contributed by atoms with van der Waals surface area (Å²) in [6.45, 7) is 0.471. The minimum Gasteiger partial charge on any atom is -0.387 e. The standard InChI is InChI=1S/C12H17F2NO3S/c1-19(17,18)6-2-5-15-8-12(16)10-4-3-9(13)7-11(10)14/h3-4,7,12,15-16H,2,5-6,8H2,1H3. The Kier molecular flexibility index (Phi) is 5.84. The summed E-state index contributed by atoms with van der Waals surface area (Å²) in [4.78, 5) is 0. The van der Waals surface area contributed by atoms with E-state index < -0.39 is 27.6 Å². The number of hydrogen-bond acceptors (Lipinski definition) is 4. The van der Waals surface area contributed by atoms with E-state index in [1.54, 1.807) is 0 Å². The average Bonchev–Trinajstić information content (AvgIpc) is 2.26. The number of rotatable bonds is 7. The molecule has 1 aromatic rings. The van der Waals surface area contributed by atoms with E-state index in [0.29, 0.717) is 19.0 Å². The Morgan fingerprint density at radius 3 is 2.63 bits per heavy atom. The van der Waals surface area contributed by atoms with E-state index in [9.17, 15) is 22.3 Å². The van der Waals surface area contributed by atoms with E-state index in [1.165, 1.54) is 6.07 Å². The van der Waals surface area contributed by atoms with Gasteiger partial charge in [-0.2, -0.15) is 0 Å². The molecule has 0 aliphatic carbocycles. The van der Waals surface area contributed by atoms with E-state index in [-0.39, 0.29) is 17.9 Å². The van der Waals surface area contributed by atoms with Crippen molar-refractivity contribution in [2.24, 2.45) is 0 Å². The van der Waals surface area contributed by atoms with Crippen LogP contribution in [0.4, 0.5) is 8.78 Å². The molecule has 1 rings (SSSR count). The van der Waals surface area contributed by atoms with Crippen LogP contribution in [0.15, 0.2) is 18.2 Å². The number of benzene rings is 1. The predicted octanol–water partition coefficient (Wildman–Crippen LogP) is 1.02. The highest BCUT2D eigenvalue weighted by Gasteiger charge is 2.13. The SMILES string of the molecule is CS(=O)(=O)CCCNCC(O)c1ccc(F)cc1F. The molecular weight excluding hydrogens is 276 g/mol. The van der Waals surface area contributed by atoms with Gasteiger partial charge in [0.2, 0.25) is 0 Å². The van der Waals surface area contributed by atoms with Crippen molar-refractivity contribution < 1.29 is 22.3 Å². The third-order valence-corrected chi connectivity index (χ3v) is 3.56. The molecule has 0 aliphatic heterocycles. The number of aliphatic hydroxyl groups is 1. The summed E-state index contributed by atoms with van der Waals surface area (Å²) >= 11 is 0. The Balaban J connectivity index is 2.37. The van der Waals surface area contributed by atoms with Crippen LogP contribution in [0.2, 0.25) is 0 Å². The summed E-state index contributed by atoms with van der Waals surface area (Å²) in [6.07, 6.45) is 0.464. The van der Waals surface area contributed by atoms with E-state index in [4.69, 9.17) is 0 Å². The second-order valence-corrected chi connectivity index (χ2v) is 6.63. The molecule has 1 aromatic carbocycles. The lowest BCUT2D eigenvalue weighted by molar-refractivity contribution is 0.170. The van der Waals surface area contributed by atoms with Crippen molar-refractivity contribution in [2.75, 3.05) is 25.1 Å². The summed E-state index contributed by atoms with van der Waals surface area (Å²) in [5.41, 5.74) is 0.0111. The van der Waals surface area contributed by atoms with E-state index >= 15 is 0 Å². The molecule has 1 atom stereocenters. The maximum absolute atomic E-state index is 13.3. The van der Waals surface area contributed by atoms with Crippen molar-refractivity contribution in [3.63, 3.8) is 0 Å². The molecule has 0 saturated heterocycles. The quantitative estimate of drug-likeness (QED) is 0.737. The molecule has 19 heavy (non-hydrogen) atoms. The van der Waals surface area contributed by atoms with E-state index in [1.807, 2.05) is 0 Å². The highest BCUT2D eigenvalue weighted by Crippen LogP contribution is 2.17. The minimum atomic E-state index is -2.99. The summed E-state index contributed by atoms with van der Waals surface area (Å²) in [6, 6.07) is 2.97. The molecule has 1 unspecified atom stereocenters. The van der Waals surface area contributed by atoms with Gasteiger partial charge in [0.05, 0.1) is 11.9 Å². The number of sulfone groups is 1. The Morgan fingerprint density at radius 1 is 1.37 bits per heavy atom. The molecule has 0 radical (unpaired) electrons. The second kappa shape index (κ2) is 6.93. The highest BCUT2D eigenvalue weighted by atomic mass is 32.2. The topological polar surface area (TPSA) is 66.4 Å². The molecule has 0 fully saturated rings. The molecule has 4 nitrogen and oxygen atoms in total. The smallest absolute Gasteiger partial charge is 0.147 e. The van der Waals surface area contributed by atoms with Crippen molar-refractivity contribution >= 4 is 9.84 Å². The Morgan fingerprint density at radius 2 is 2.05 bits per heavy atom. The van der Waals surface area contributed by atoms with Gasteiger partial charge in [-0.3, -0.25) is 0 Å². The third kappa shape index (κ3) is 6.09. The molecule has 0 spiro atoms. The second-order valence-electron chi connectivity index (χ2n) is 4.37. The van der Waals surface area contributed by atoms with Gasteiger partial charge in [-0.15, -0.1) is 0 Å². The molecule has 7 heteroatoms. The van der Waals surface area contributed by atoms with Crippen LogP contribution in [0, 0.1) is 11.6 Å². The van der Waals surface area contributed by atoms with Gasteiger partial charge in [-0.25, -0.2) is 17.2 Å². The van der Waals surface area contributed by atoms with Crippen molar-refractivity contribution in [1.29, 1.82) is 0 Å². The molecule has 0 saturated carbocycles. The molecule has 0 heterocycles. The zero-order valence-electron chi connectivity index (χ0n) is 10.6. The van der Waals surface area contributed by atoms with Crippen LogP contribution < -0.4 is 5.32 Å². The maximum Gasteiger partial charge on any atom is 0.147 e. The van der Waals surface area contributed by atoms with Gasteiger partial charge in [-0.05, 0) is 19.0 Å². The minimum absolute atomic E-state index is 0.0111. The summed E-state index contributed by atoms with van der Waals surface area (Å²) in [5.74, 6) is -1.44. The lowest BCUT2D eigenvalue weighted by atomic mass is 10.1. The summed E-state index contributed by atoms with van der Waals surface area (Å²) < 4.78 is 47.7. The van der Waals surface area contributed by atoms with Crippen LogP contribution in [-0.2, 0) is 9.84 Å². The number of nitrogens with one attached hydrogen (secondary N) is 1. The average molecular weight is 293 g/mol. The van der Waals surface area contributed by atoms with Crippen LogP contribution in [0.1, 0.15) is 18.1 Å². The lowest BCUT2D eigenvalue weighted by Crippen LogP contribution is -2.24. The van der Waals surface area contributed by atoms with Crippen molar-refractivity contribution in [2.45, 2.75) is 12.5 Å². The zero-order chi connectivity index (χ0) is 14.5. The molecule has 0 aliphatic rings. The largest absolute Gasteiger partial charge is 0.387 e. The van der Waals surface area contributed by atoms with Crippen LogP contribution in [0.3, 0.4) is 0 Å². The number of hydrogen-bond donors (Lipinski definition) is 2. The van der Waals surface area contributed by atoms with Crippen molar-refractivity contribution in [3.05, 3.63) is 35.4 Å². The lowest BCUT2D eigenvalue weighted by Gasteiger charge is -2.13. The van der Waals surface area contributed by atoms with Gasteiger partial charge in [-0.1, -0.05) is 6.07 Å². The molecule has 0 amide bonds. The normalized spacial score (nSPS) is 13.5. The van der Waals surface area contributed by atoms with E-state index in [0.717, 1.165) is 12.3 Å². The van der Waals surface area contributed by atoms with Crippen LogP contribution >= 0.6 is 0 Å². The first-order chi connectivity index (χ1) is 8.79. The Hall–Kier alpha value is -1.05. The molecule has 2 N–H and O–H groups in total. The fourth-order valence-corrected chi connectivity index (χ4v) is 2.25. The Labute approximate surface area is 111 Å². The fraction of sp³-hybridized carbons (Fsp3) is 0.500. The van der Waals surface area contributed by atoms with Gasteiger partial charge >= 0.3 is 0 Å². The molecule has 0 bridgehead atoms. The number of aliphatic hydroxyl groups excluding tert-OH is 1. The van der Waals surface area contributed by atoms with Gasteiger partial charge in [0.1, 0.15) is 21.5 Å². The van der Waals surface area contributed by atoms with Gasteiger partial charge < -0.3 is 10.4 Å². The first-order valence-electron chi connectivity index (χ1n) is 5.81. The number of halogens is 2. The van der Waals surface area contributed by atoms with Crippen molar-refractivity contribution in [3.8, 4) is 0 Å². The molecular formula is C12H17F2NO3S. The fourth-order valence-electron chi connectivity index (χ4n) is 1.58. The Bertz CT molecular complexity index is 520. The van der Waals surface area contributed by atoms with Crippen LogP contribution in [0.25, 0.3) is 0 Å². The zero-order valence-corrected chi connectivity index (χ0v) is 11.4. The molecule has 0 aromatic heterocycles. The first-order valence-corrected chi connectivity index (χ1v) is 7.87. The van der Waals surface area contributed by atoms with Crippen LogP contribution in [0.5, 0.6) is 0 Å². The molecule has 108 valence electrons. The highest BCUT2D eigenvalue weighted by molar-refractivity contribution is 7.90.